The molecule has 1 aromatic rings. The molecule has 0 bridgehead atoms. The van der Waals surface area contributed by atoms with E-state index in [0.717, 1.165) is 11.1 Å². The van der Waals surface area contributed by atoms with Crippen LogP contribution in [-0.2, 0) is 20.9 Å². The Hall–Kier alpha value is -1.75. The van der Waals surface area contributed by atoms with Gasteiger partial charge in [0.25, 0.3) is 0 Å². The van der Waals surface area contributed by atoms with Crippen molar-refractivity contribution in [2.24, 2.45) is 0 Å². The maximum absolute atomic E-state index is 12.2. The van der Waals surface area contributed by atoms with Crippen LogP contribution >= 0.6 is 11.8 Å². The number of amides is 1. The number of methoxy groups -OCH3 is 1. The van der Waals surface area contributed by atoms with E-state index in [4.69, 9.17) is 0 Å². The van der Waals surface area contributed by atoms with Crippen molar-refractivity contribution in [1.29, 1.82) is 0 Å². The maximum Gasteiger partial charge on any atom is 0.325 e. The molecule has 0 aliphatic rings. The van der Waals surface area contributed by atoms with Crippen molar-refractivity contribution in [1.82, 2.24) is 4.90 Å². The summed E-state index contributed by atoms with van der Waals surface area (Å²) in [6.45, 7) is 5.99. The Morgan fingerprint density at radius 3 is 2.71 bits per heavy atom. The van der Waals surface area contributed by atoms with E-state index in [1.54, 1.807) is 6.08 Å². The molecule has 114 valence electrons. The van der Waals surface area contributed by atoms with Gasteiger partial charge in [-0.1, -0.05) is 30.3 Å². The van der Waals surface area contributed by atoms with Gasteiger partial charge in [0, 0.05) is 12.3 Å². The molecule has 0 saturated carbocycles. The number of thioether (sulfide) groups is 1. The number of hydrogen-bond donors (Lipinski definition) is 0. The number of ether oxygens (including phenoxy) is 1. The summed E-state index contributed by atoms with van der Waals surface area (Å²) in [5.41, 5.74) is 2.13. The number of benzene rings is 1. The van der Waals surface area contributed by atoms with Crippen LogP contribution in [0.25, 0.3) is 0 Å². The van der Waals surface area contributed by atoms with Gasteiger partial charge in [-0.15, -0.1) is 18.3 Å². The zero-order valence-corrected chi connectivity index (χ0v) is 13.3. The third kappa shape index (κ3) is 6.04. The van der Waals surface area contributed by atoms with E-state index in [-0.39, 0.29) is 12.5 Å². The van der Waals surface area contributed by atoms with Crippen LogP contribution in [0.2, 0.25) is 0 Å². The standard InChI is InChI=1S/C16H21NO3S/c1-4-9-21-12-15(18)17(11-16(19)20-3)10-14-8-6-5-7-13(14)2/h4-8H,1,9-12H2,2-3H3. The SMILES string of the molecule is C=CCSCC(=O)N(CC(=O)OC)Cc1ccccc1C. The molecule has 0 radical (unpaired) electrons. The normalized spacial score (nSPS) is 10.0. The minimum absolute atomic E-state index is 0.0294. The lowest BCUT2D eigenvalue weighted by Crippen LogP contribution is -2.37. The second kappa shape index (κ2) is 9.23. The zero-order chi connectivity index (χ0) is 15.7. The number of nitrogens with zero attached hydrogens (tertiary/aromatic N) is 1. The van der Waals surface area contributed by atoms with Crippen molar-refractivity contribution >= 4 is 23.6 Å². The number of aryl methyl sites for hydroxylation is 1. The van der Waals surface area contributed by atoms with Gasteiger partial charge < -0.3 is 9.64 Å². The van der Waals surface area contributed by atoms with E-state index < -0.39 is 5.97 Å². The molecule has 0 saturated heterocycles. The fourth-order valence-electron chi connectivity index (χ4n) is 1.77. The van der Waals surface area contributed by atoms with E-state index in [9.17, 15) is 9.59 Å². The maximum atomic E-state index is 12.2. The van der Waals surface area contributed by atoms with Gasteiger partial charge in [-0.25, -0.2) is 0 Å². The highest BCUT2D eigenvalue weighted by atomic mass is 32.2. The Kier molecular flexibility index (Phi) is 7.61. The average Bonchev–Trinajstić information content (AvgIpc) is 2.48. The van der Waals surface area contributed by atoms with Crippen LogP contribution in [0, 0.1) is 6.92 Å². The van der Waals surface area contributed by atoms with Crippen molar-refractivity contribution in [3.63, 3.8) is 0 Å². The highest BCUT2D eigenvalue weighted by molar-refractivity contribution is 8.00. The highest BCUT2D eigenvalue weighted by Gasteiger charge is 2.18. The van der Waals surface area contributed by atoms with Gasteiger partial charge in [0.2, 0.25) is 5.91 Å². The lowest BCUT2D eigenvalue weighted by atomic mass is 10.1. The summed E-state index contributed by atoms with van der Waals surface area (Å²) in [6, 6.07) is 7.83. The summed E-state index contributed by atoms with van der Waals surface area (Å²) in [4.78, 5) is 25.3. The van der Waals surface area contributed by atoms with Gasteiger partial charge in [0.05, 0.1) is 12.9 Å². The first-order valence-corrected chi connectivity index (χ1v) is 7.81. The first-order chi connectivity index (χ1) is 10.1. The third-order valence-corrected chi connectivity index (χ3v) is 3.91. The van der Waals surface area contributed by atoms with Gasteiger partial charge in [-0.05, 0) is 18.1 Å². The van der Waals surface area contributed by atoms with Crippen molar-refractivity contribution < 1.29 is 14.3 Å². The summed E-state index contributed by atoms with van der Waals surface area (Å²) < 4.78 is 4.67. The van der Waals surface area contributed by atoms with Crippen LogP contribution in [0.15, 0.2) is 36.9 Å². The number of esters is 1. The Labute approximate surface area is 130 Å². The molecule has 1 amide bonds. The molecule has 0 atom stereocenters. The molecule has 0 heterocycles. The molecular formula is C16H21NO3S. The molecule has 0 fully saturated rings. The molecule has 0 aliphatic carbocycles. The third-order valence-electron chi connectivity index (χ3n) is 2.98. The summed E-state index contributed by atoms with van der Waals surface area (Å²) in [7, 11) is 1.32. The van der Waals surface area contributed by atoms with E-state index in [0.29, 0.717) is 18.1 Å². The number of hydrogen-bond acceptors (Lipinski definition) is 4. The fourth-order valence-corrected chi connectivity index (χ4v) is 2.41. The van der Waals surface area contributed by atoms with E-state index in [2.05, 4.69) is 11.3 Å². The van der Waals surface area contributed by atoms with Crippen molar-refractivity contribution in [2.45, 2.75) is 13.5 Å². The van der Waals surface area contributed by atoms with E-state index in [1.165, 1.54) is 23.8 Å². The minimum atomic E-state index is -0.411. The van der Waals surface area contributed by atoms with Gasteiger partial charge in [0.1, 0.15) is 6.54 Å². The molecule has 0 unspecified atom stereocenters. The predicted molar refractivity (Wildman–Crippen MR) is 86.1 cm³/mol. The summed E-state index contributed by atoms with van der Waals surface area (Å²) in [5.74, 6) is 0.554. The molecular weight excluding hydrogens is 286 g/mol. The Balaban J connectivity index is 2.76. The summed E-state index contributed by atoms with van der Waals surface area (Å²) in [5, 5.41) is 0. The average molecular weight is 307 g/mol. The molecule has 0 spiro atoms. The first kappa shape index (κ1) is 17.3. The second-order valence-corrected chi connectivity index (χ2v) is 5.59. The van der Waals surface area contributed by atoms with Gasteiger partial charge in [0.15, 0.2) is 0 Å². The minimum Gasteiger partial charge on any atom is -0.468 e. The molecule has 5 heteroatoms. The van der Waals surface area contributed by atoms with Crippen LogP contribution in [0.3, 0.4) is 0 Å². The Morgan fingerprint density at radius 2 is 2.10 bits per heavy atom. The van der Waals surface area contributed by atoms with Crippen molar-refractivity contribution in [3.05, 3.63) is 48.0 Å². The Bertz CT molecular complexity index is 502. The van der Waals surface area contributed by atoms with Crippen LogP contribution in [0.4, 0.5) is 0 Å². The highest BCUT2D eigenvalue weighted by Crippen LogP contribution is 2.12. The summed E-state index contributed by atoms with van der Waals surface area (Å²) in [6.07, 6.45) is 1.75. The van der Waals surface area contributed by atoms with Gasteiger partial charge >= 0.3 is 5.97 Å². The smallest absolute Gasteiger partial charge is 0.325 e. The van der Waals surface area contributed by atoms with Gasteiger partial charge in [-0.3, -0.25) is 9.59 Å². The predicted octanol–water partition coefficient (Wildman–Crippen LogP) is 2.42. The van der Waals surface area contributed by atoms with Gasteiger partial charge in [-0.2, -0.15) is 0 Å². The monoisotopic (exact) mass is 307 g/mol. The largest absolute Gasteiger partial charge is 0.468 e. The molecule has 4 nitrogen and oxygen atoms in total. The Morgan fingerprint density at radius 1 is 1.38 bits per heavy atom. The van der Waals surface area contributed by atoms with Crippen LogP contribution in [0.1, 0.15) is 11.1 Å². The van der Waals surface area contributed by atoms with Crippen LogP contribution in [0.5, 0.6) is 0 Å². The number of carbonyl (C=O) groups is 2. The topological polar surface area (TPSA) is 46.6 Å². The second-order valence-electron chi connectivity index (χ2n) is 4.56. The number of rotatable bonds is 8. The molecule has 0 N–H and O–H groups in total. The molecule has 1 rings (SSSR count). The van der Waals surface area contributed by atoms with E-state index in [1.807, 2.05) is 31.2 Å². The first-order valence-electron chi connectivity index (χ1n) is 6.66. The fraction of sp³-hybridized carbons (Fsp3) is 0.375. The molecule has 21 heavy (non-hydrogen) atoms. The lowest BCUT2D eigenvalue weighted by molar-refractivity contribution is -0.146. The summed E-state index contributed by atoms with van der Waals surface area (Å²) >= 11 is 1.48. The van der Waals surface area contributed by atoms with Crippen molar-refractivity contribution in [3.8, 4) is 0 Å². The molecule has 0 aliphatic heterocycles. The van der Waals surface area contributed by atoms with Crippen LogP contribution in [-0.4, -0.2) is 41.9 Å². The number of carbonyl (C=O) groups excluding carboxylic acids is 2. The van der Waals surface area contributed by atoms with Crippen molar-refractivity contribution in [2.75, 3.05) is 25.2 Å². The van der Waals surface area contributed by atoms with E-state index >= 15 is 0 Å². The quantitative estimate of drug-likeness (QED) is 0.420. The molecule has 1 aromatic carbocycles. The zero-order valence-electron chi connectivity index (χ0n) is 12.5. The molecule has 0 aromatic heterocycles. The lowest BCUT2D eigenvalue weighted by Gasteiger charge is -2.22. The van der Waals surface area contributed by atoms with Crippen LogP contribution < -0.4 is 0 Å².